The number of hydrogen-bond acceptors (Lipinski definition) is 7. The maximum absolute atomic E-state index is 12.0. The van der Waals surface area contributed by atoms with E-state index in [2.05, 4.69) is 14.9 Å². The lowest BCUT2D eigenvalue weighted by molar-refractivity contribution is 0.0594. The fourth-order valence-corrected chi connectivity index (χ4v) is 2.49. The van der Waals surface area contributed by atoms with Gasteiger partial charge in [-0.1, -0.05) is 12.1 Å². The Morgan fingerprint density at radius 3 is 2.67 bits per heavy atom. The van der Waals surface area contributed by atoms with Crippen LogP contribution in [0.3, 0.4) is 0 Å². The normalized spacial score (nSPS) is 14.3. The van der Waals surface area contributed by atoms with Gasteiger partial charge in [0.2, 0.25) is 0 Å². The molecule has 1 fully saturated rings. The van der Waals surface area contributed by atoms with Gasteiger partial charge in [0.05, 0.1) is 27.4 Å². The molecule has 2 aromatic rings. The fourth-order valence-electron chi connectivity index (χ4n) is 2.49. The van der Waals surface area contributed by atoms with Crippen LogP contribution in [0.1, 0.15) is 10.5 Å². The summed E-state index contributed by atoms with van der Waals surface area (Å²) in [5, 5.41) is 0. The van der Waals surface area contributed by atoms with Gasteiger partial charge in [0.15, 0.2) is 11.5 Å². The highest BCUT2D eigenvalue weighted by Gasteiger charge is 2.19. The lowest BCUT2D eigenvalue weighted by Crippen LogP contribution is -2.37. The second-order valence-corrected chi connectivity index (χ2v) is 5.26. The molecule has 1 saturated heterocycles. The average molecular weight is 329 g/mol. The van der Waals surface area contributed by atoms with Crippen molar-refractivity contribution in [3.05, 3.63) is 36.0 Å². The van der Waals surface area contributed by atoms with Gasteiger partial charge in [0, 0.05) is 24.7 Å². The molecule has 1 aliphatic heterocycles. The van der Waals surface area contributed by atoms with Crippen LogP contribution in [0.2, 0.25) is 0 Å². The van der Waals surface area contributed by atoms with Crippen LogP contribution >= 0.6 is 0 Å². The molecule has 0 amide bonds. The SMILES string of the molecule is COC(=O)c1cc(N2CCOCC2)nc(-c2cccc(OC)c2)n1. The summed E-state index contributed by atoms with van der Waals surface area (Å²) >= 11 is 0. The third-order valence-corrected chi connectivity index (χ3v) is 3.77. The van der Waals surface area contributed by atoms with Crippen molar-refractivity contribution < 1.29 is 19.0 Å². The highest BCUT2D eigenvalue weighted by atomic mass is 16.5. The lowest BCUT2D eigenvalue weighted by Gasteiger charge is -2.28. The first-order chi connectivity index (χ1) is 11.7. The molecule has 0 bridgehead atoms. The van der Waals surface area contributed by atoms with Crippen molar-refractivity contribution in [3.63, 3.8) is 0 Å². The molecule has 1 aromatic heterocycles. The second kappa shape index (κ2) is 7.27. The summed E-state index contributed by atoms with van der Waals surface area (Å²) in [6.07, 6.45) is 0. The first-order valence-electron chi connectivity index (χ1n) is 7.66. The molecule has 24 heavy (non-hydrogen) atoms. The van der Waals surface area contributed by atoms with E-state index < -0.39 is 5.97 Å². The molecule has 0 atom stereocenters. The van der Waals surface area contributed by atoms with Crippen molar-refractivity contribution >= 4 is 11.8 Å². The van der Waals surface area contributed by atoms with Gasteiger partial charge in [0.1, 0.15) is 11.6 Å². The fraction of sp³-hybridized carbons (Fsp3) is 0.353. The van der Waals surface area contributed by atoms with Crippen molar-refractivity contribution in [2.45, 2.75) is 0 Å². The van der Waals surface area contributed by atoms with Crippen LogP contribution in [0.25, 0.3) is 11.4 Å². The minimum absolute atomic E-state index is 0.229. The van der Waals surface area contributed by atoms with Crippen LogP contribution in [0, 0.1) is 0 Å². The Bertz CT molecular complexity index is 730. The zero-order valence-electron chi connectivity index (χ0n) is 13.7. The quantitative estimate of drug-likeness (QED) is 0.792. The highest BCUT2D eigenvalue weighted by molar-refractivity contribution is 5.88. The smallest absolute Gasteiger partial charge is 0.356 e. The van der Waals surface area contributed by atoms with Gasteiger partial charge < -0.3 is 19.1 Å². The Balaban J connectivity index is 2.05. The maximum Gasteiger partial charge on any atom is 0.356 e. The van der Waals surface area contributed by atoms with Gasteiger partial charge >= 0.3 is 5.97 Å². The molecule has 0 N–H and O–H groups in total. The number of aromatic nitrogens is 2. The number of ether oxygens (including phenoxy) is 3. The largest absolute Gasteiger partial charge is 0.497 e. The number of anilines is 1. The zero-order valence-corrected chi connectivity index (χ0v) is 13.7. The van der Waals surface area contributed by atoms with E-state index in [0.29, 0.717) is 30.6 Å². The topological polar surface area (TPSA) is 73.8 Å². The molecule has 0 saturated carbocycles. The maximum atomic E-state index is 12.0. The third-order valence-electron chi connectivity index (χ3n) is 3.77. The van der Waals surface area contributed by atoms with E-state index in [9.17, 15) is 4.79 Å². The third kappa shape index (κ3) is 3.46. The molecular weight excluding hydrogens is 310 g/mol. The number of nitrogens with zero attached hydrogens (tertiary/aromatic N) is 3. The number of rotatable bonds is 4. The van der Waals surface area contributed by atoms with E-state index >= 15 is 0 Å². The van der Waals surface area contributed by atoms with Gasteiger partial charge in [-0.2, -0.15) is 0 Å². The number of carbonyl (C=O) groups excluding carboxylic acids is 1. The van der Waals surface area contributed by atoms with Crippen LogP contribution in [0.4, 0.5) is 5.82 Å². The van der Waals surface area contributed by atoms with E-state index in [0.717, 1.165) is 18.7 Å². The van der Waals surface area contributed by atoms with Gasteiger partial charge in [-0.05, 0) is 12.1 Å². The first-order valence-corrected chi connectivity index (χ1v) is 7.66. The summed E-state index contributed by atoms with van der Waals surface area (Å²) in [5.74, 6) is 1.35. The van der Waals surface area contributed by atoms with Crippen molar-refractivity contribution in [2.75, 3.05) is 45.4 Å². The Morgan fingerprint density at radius 1 is 1.17 bits per heavy atom. The Morgan fingerprint density at radius 2 is 1.96 bits per heavy atom. The molecule has 1 aromatic carbocycles. The minimum Gasteiger partial charge on any atom is -0.497 e. The molecule has 126 valence electrons. The summed E-state index contributed by atoms with van der Waals surface area (Å²) in [4.78, 5) is 23.0. The van der Waals surface area contributed by atoms with E-state index in [1.165, 1.54) is 7.11 Å². The molecule has 1 aliphatic rings. The van der Waals surface area contributed by atoms with Gasteiger partial charge in [-0.3, -0.25) is 0 Å². The Hall–Kier alpha value is -2.67. The summed E-state index contributed by atoms with van der Waals surface area (Å²) in [7, 11) is 2.94. The van der Waals surface area contributed by atoms with E-state index in [1.807, 2.05) is 24.3 Å². The molecule has 0 spiro atoms. The number of carbonyl (C=O) groups is 1. The first kappa shape index (κ1) is 16.2. The number of methoxy groups -OCH3 is 2. The minimum atomic E-state index is -0.490. The standard InChI is InChI=1S/C17H19N3O4/c1-22-13-5-3-4-12(10-13)16-18-14(17(21)23-2)11-15(19-16)20-6-8-24-9-7-20/h3-5,10-11H,6-9H2,1-2H3. The number of morpholine rings is 1. The second-order valence-electron chi connectivity index (χ2n) is 5.26. The van der Waals surface area contributed by atoms with Gasteiger partial charge in [0.25, 0.3) is 0 Å². The molecule has 0 aliphatic carbocycles. The number of hydrogen-bond donors (Lipinski definition) is 0. The summed E-state index contributed by atoms with van der Waals surface area (Å²) in [6, 6.07) is 9.07. The predicted molar refractivity (Wildman–Crippen MR) is 88.4 cm³/mol. The van der Waals surface area contributed by atoms with E-state index in [1.54, 1.807) is 13.2 Å². The highest BCUT2D eigenvalue weighted by Crippen LogP contribution is 2.24. The molecule has 2 heterocycles. The van der Waals surface area contributed by atoms with Crippen LogP contribution in [0.5, 0.6) is 5.75 Å². The van der Waals surface area contributed by atoms with Gasteiger partial charge in [-0.25, -0.2) is 14.8 Å². The van der Waals surface area contributed by atoms with Crippen molar-refractivity contribution in [1.82, 2.24) is 9.97 Å². The van der Waals surface area contributed by atoms with Crippen LogP contribution < -0.4 is 9.64 Å². The summed E-state index contributed by atoms with van der Waals surface area (Å²) in [6.45, 7) is 2.70. The number of esters is 1. The molecule has 0 unspecified atom stereocenters. The monoisotopic (exact) mass is 329 g/mol. The lowest BCUT2D eigenvalue weighted by atomic mass is 10.2. The number of benzene rings is 1. The van der Waals surface area contributed by atoms with Crippen LogP contribution in [-0.2, 0) is 9.47 Å². The zero-order chi connectivity index (χ0) is 16.9. The average Bonchev–Trinajstić information content (AvgIpc) is 2.67. The summed E-state index contributed by atoms with van der Waals surface area (Å²) < 4.78 is 15.4. The van der Waals surface area contributed by atoms with E-state index in [-0.39, 0.29) is 5.69 Å². The van der Waals surface area contributed by atoms with Crippen molar-refractivity contribution in [2.24, 2.45) is 0 Å². The summed E-state index contributed by atoms with van der Waals surface area (Å²) in [5.41, 5.74) is 1.00. The molecule has 7 nitrogen and oxygen atoms in total. The molecular formula is C17H19N3O4. The Kier molecular flexibility index (Phi) is 4.90. The molecule has 7 heteroatoms. The van der Waals surface area contributed by atoms with E-state index in [4.69, 9.17) is 14.2 Å². The van der Waals surface area contributed by atoms with Crippen molar-refractivity contribution in [1.29, 1.82) is 0 Å². The van der Waals surface area contributed by atoms with Crippen LogP contribution in [-0.4, -0.2) is 56.5 Å². The Labute approximate surface area is 140 Å². The predicted octanol–water partition coefficient (Wildman–Crippen LogP) is 1.78. The van der Waals surface area contributed by atoms with Crippen LogP contribution in [0.15, 0.2) is 30.3 Å². The molecule has 0 radical (unpaired) electrons. The molecule has 3 rings (SSSR count). The van der Waals surface area contributed by atoms with Crippen molar-refractivity contribution in [3.8, 4) is 17.1 Å². The van der Waals surface area contributed by atoms with Gasteiger partial charge in [-0.15, -0.1) is 0 Å².